The van der Waals surface area contributed by atoms with Gasteiger partial charge >= 0.3 is 0 Å². The molecule has 2 aromatic carbocycles. The van der Waals surface area contributed by atoms with Gasteiger partial charge in [0.05, 0.1) is 22.6 Å². The smallest absolute Gasteiger partial charge is 0.250 e. The second-order valence-electron chi connectivity index (χ2n) is 4.82. The van der Waals surface area contributed by atoms with Gasteiger partial charge < -0.3 is 21.7 Å². The summed E-state index contributed by atoms with van der Waals surface area (Å²) in [6.07, 6.45) is 0. The summed E-state index contributed by atoms with van der Waals surface area (Å²) >= 11 is 0. The third kappa shape index (κ3) is 3.05. The minimum atomic E-state index is -0.698. The zero-order valence-corrected chi connectivity index (χ0v) is 11.9. The van der Waals surface area contributed by atoms with Gasteiger partial charge in [-0.1, -0.05) is 12.1 Å². The average molecular weight is 288 g/mol. The van der Waals surface area contributed by atoms with Crippen molar-refractivity contribution < 1.29 is 9.18 Å². The molecule has 0 saturated heterocycles. The standard InChI is InChI=1S/C15H17FN4O/c1-20(2)14-6-4-3-5-12(14)19-13-7-9(15(18)21)11(17)8-10(13)16/h3-8,19H,17H2,1-2H3,(H2,18,21). The van der Waals surface area contributed by atoms with Gasteiger partial charge in [0.1, 0.15) is 5.82 Å². The van der Waals surface area contributed by atoms with E-state index in [4.69, 9.17) is 11.5 Å². The monoisotopic (exact) mass is 288 g/mol. The molecule has 1 amide bonds. The fourth-order valence-electron chi connectivity index (χ4n) is 2.01. The molecule has 21 heavy (non-hydrogen) atoms. The van der Waals surface area contributed by atoms with Crippen LogP contribution in [0.15, 0.2) is 36.4 Å². The Balaban J connectivity index is 2.45. The average Bonchev–Trinajstić information content (AvgIpc) is 2.41. The van der Waals surface area contributed by atoms with E-state index in [2.05, 4.69) is 5.32 Å². The number of hydrogen-bond donors (Lipinski definition) is 3. The Labute approximate surface area is 122 Å². The number of primary amides is 1. The first kappa shape index (κ1) is 14.6. The number of benzene rings is 2. The summed E-state index contributed by atoms with van der Waals surface area (Å²) in [5.41, 5.74) is 12.7. The first-order valence-corrected chi connectivity index (χ1v) is 6.32. The van der Waals surface area contributed by atoms with Crippen LogP contribution in [0.4, 0.5) is 27.1 Å². The second-order valence-corrected chi connectivity index (χ2v) is 4.82. The van der Waals surface area contributed by atoms with Crippen LogP contribution in [0.2, 0.25) is 0 Å². The quantitative estimate of drug-likeness (QED) is 0.754. The Morgan fingerprint density at radius 3 is 2.48 bits per heavy atom. The van der Waals surface area contributed by atoms with Crippen molar-refractivity contribution in [2.75, 3.05) is 30.0 Å². The Kier molecular flexibility index (Phi) is 3.98. The van der Waals surface area contributed by atoms with Gasteiger partial charge in [-0.2, -0.15) is 0 Å². The number of rotatable bonds is 4. The van der Waals surface area contributed by atoms with Crippen LogP contribution < -0.4 is 21.7 Å². The zero-order valence-electron chi connectivity index (χ0n) is 11.9. The van der Waals surface area contributed by atoms with Crippen LogP contribution in [-0.2, 0) is 0 Å². The summed E-state index contributed by atoms with van der Waals surface area (Å²) in [4.78, 5) is 13.2. The van der Waals surface area contributed by atoms with E-state index < -0.39 is 11.7 Å². The second kappa shape index (κ2) is 5.70. The Morgan fingerprint density at radius 1 is 1.19 bits per heavy atom. The van der Waals surface area contributed by atoms with Crippen LogP contribution in [0.3, 0.4) is 0 Å². The number of para-hydroxylation sites is 2. The molecule has 0 unspecified atom stereocenters. The van der Waals surface area contributed by atoms with E-state index in [1.807, 2.05) is 43.3 Å². The molecule has 0 saturated carbocycles. The van der Waals surface area contributed by atoms with Crippen LogP contribution in [0.1, 0.15) is 10.4 Å². The highest BCUT2D eigenvalue weighted by Gasteiger charge is 2.13. The van der Waals surface area contributed by atoms with Crippen molar-refractivity contribution in [1.82, 2.24) is 0 Å². The number of hydrogen-bond acceptors (Lipinski definition) is 4. The van der Waals surface area contributed by atoms with Crippen LogP contribution in [0.25, 0.3) is 0 Å². The van der Waals surface area contributed by atoms with Crippen LogP contribution in [-0.4, -0.2) is 20.0 Å². The molecule has 0 aliphatic heterocycles. The first-order valence-electron chi connectivity index (χ1n) is 6.32. The number of halogens is 1. The molecule has 2 aromatic rings. The molecule has 110 valence electrons. The largest absolute Gasteiger partial charge is 0.398 e. The first-order chi connectivity index (χ1) is 9.90. The van der Waals surface area contributed by atoms with Crippen molar-refractivity contribution in [3.8, 4) is 0 Å². The van der Waals surface area contributed by atoms with Crippen molar-refractivity contribution in [2.45, 2.75) is 0 Å². The fourth-order valence-corrected chi connectivity index (χ4v) is 2.01. The Hall–Kier alpha value is -2.76. The highest BCUT2D eigenvalue weighted by Crippen LogP contribution is 2.30. The zero-order chi connectivity index (χ0) is 15.6. The minimum absolute atomic E-state index is 0.0199. The van der Waals surface area contributed by atoms with Gasteiger partial charge in [0, 0.05) is 19.8 Å². The van der Waals surface area contributed by atoms with Crippen LogP contribution in [0.5, 0.6) is 0 Å². The topological polar surface area (TPSA) is 84.4 Å². The van der Waals surface area contributed by atoms with E-state index >= 15 is 0 Å². The molecule has 0 heterocycles. The van der Waals surface area contributed by atoms with Gasteiger partial charge in [-0.05, 0) is 24.3 Å². The fraction of sp³-hybridized carbons (Fsp3) is 0.133. The molecule has 0 aliphatic carbocycles. The van der Waals surface area contributed by atoms with Crippen molar-refractivity contribution >= 4 is 28.7 Å². The Bertz CT molecular complexity index is 685. The minimum Gasteiger partial charge on any atom is -0.398 e. The molecule has 0 spiro atoms. The molecule has 2 rings (SSSR count). The number of carbonyl (C=O) groups is 1. The molecule has 0 atom stereocenters. The summed E-state index contributed by atoms with van der Waals surface area (Å²) in [6, 6.07) is 9.83. The lowest BCUT2D eigenvalue weighted by molar-refractivity contribution is 0.100. The number of anilines is 4. The predicted octanol–water partition coefficient (Wildman–Crippen LogP) is 2.32. The van der Waals surface area contributed by atoms with Crippen molar-refractivity contribution in [2.24, 2.45) is 5.73 Å². The lowest BCUT2D eigenvalue weighted by Crippen LogP contribution is -2.15. The molecular weight excluding hydrogens is 271 g/mol. The maximum absolute atomic E-state index is 14.0. The van der Waals surface area contributed by atoms with Gasteiger partial charge in [-0.3, -0.25) is 4.79 Å². The summed E-state index contributed by atoms with van der Waals surface area (Å²) < 4.78 is 14.0. The van der Waals surface area contributed by atoms with Crippen molar-refractivity contribution in [3.63, 3.8) is 0 Å². The summed E-state index contributed by atoms with van der Waals surface area (Å²) in [6.45, 7) is 0. The molecule has 0 aliphatic rings. The van der Waals surface area contributed by atoms with Crippen LogP contribution in [0, 0.1) is 5.82 Å². The predicted molar refractivity (Wildman–Crippen MR) is 83.4 cm³/mol. The number of nitrogens with zero attached hydrogens (tertiary/aromatic N) is 1. The van der Waals surface area contributed by atoms with Gasteiger partial charge in [-0.15, -0.1) is 0 Å². The van der Waals surface area contributed by atoms with Crippen LogP contribution >= 0.6 is 0 Å². The third-order valence-corrected chi connectivity index (χ3v) is 3.06. The highest BCUT2D eigenvalue weighted by atomic mass is 19.1. The number of nitrogens with two attached hydrogens (primary N) is 2. The highest BCUT2D eigenvalue weighted by molar-refractivity contribution is 5.99. The molecular formula is C15H17FN4O. The number of nitrogens with one attached hydrogen (secondary N) is 1. The Morgan fingerprint density at radius 2 is 1.86 bits per heavy atom. The normalized spacial score (nSPS) is 10.2. The molecule has 5 N–H and O–H groups in total. The van der Waals surface area contributed by atoms with Gasteiger partial charge in [-0.25, -0.2) is 4.39 Å². The van der Waals surface area contributed by atoms with E-state index in [9.17, 15) is 9.18 Å². The molecule has 0 fully saturated rings. The maximum Gasteiger partial charge on any atom is 0.250 e. The van der Waals surface area contributed by atoms with Gasteiger partial charge in [0.25, 0.3) is 5.91 Å². The van der Waals surface area contributed by atoms with Crippen molar-refractivity contribution in [3.05, 3.63) is 47.8 Å². The van der Waals surface area contributed by atoms with E-state index in [0.717, 1.165) is 11.8 Å². The summed E-state index contributed by atoms with van der Waals surface area (Å²) in [5.74, 6) is -1.25. The van der Waals surface area contributed by atoms with Gasteiger partial charge in [0.15, 0.2) is 0 Å². The van der Waals surface area contributed by atoms with E-state index in [-0.39, 0.29) is 16.9 Å². The molecule has 5 nitrogen and oxygen atoms in total. The molecule has 0 radical (unpaired) electrons. The third-order valence-electron chi connectivity index (χ3n) is 3.06. The summed E-state index contributed by atoms with van der Waals surface area (Å²) in [5, 5.41) is 2.96. The van der Waals surface area contributed by atoms with Crippen molar-refractivity contribution in [1.29, 1.82) is 0 Å². The molecule has 0 aromatic heterocycles. The molecule has 6 heteroatoms. The van der Waals surface area contributed by atoms with E-state index in [0.29, 0.717) is 5.69 Å². The number of nitrogen functional groups attached to an aromatic ring is 1. The lowest BCUT2D eigenvalue weighted by atomic mass is 10.1. The van der Waals surface area contributed by atoms with Gasteiger partial charge in [0.2, 0.25) is 0 Å². The van der Waals surface area contributed by atoms with E-state index in [1.165, 1.54) is 6.07 Å². The lowest BCUT2D eigenvalue weighted by Gasteiger charge is -2.19. The number of carbonyl (C=O) groups excluding carboxylic acids is 1. The molecule has 0 bridgehead atoms. The summed E-state index contributed by atoms with van der Waals surface area (Å²) in [7, 11) is 3.77. The maximum atomic E-state index is 14.0. The number of amides is 1. The van der Waals surface area contributed by atoms with E-state index in [1.54, 1.807) is 0 Å². The SMILES string of the molecule is CN(C)c1ccccc1Nc1cc(C(N)=O)c(N)cc1F.